The first-order valence-corrected chi connectivity index (χ1v) is 19.3. The van der Waals surface area contributed by atoms with E-state index in [1.807, 2.05) is 0 Å². The van der Waals surface area contributed by atoms with Crippen molar-refractivity contribution in [2.45, 2.75) is 144 Å². The second-order valence-corrected chi connectivity index (χ2v) is 21.1. The minimum Gasteiger partial charge on any atom is -0.481 e. The Bertz CT molecular complexity index is 911. The Morgan fingerprint density at radius 3 is 2.17 bits per heavy atom. The summed E-state index contributed by atoms with van der Waals surface area (Å²) >= 11 is 0. The van der Waals surface area contributed by atoms with Crippen molar-refractivity contribution in [3.8, 4) is 0 Å². The lowest BCUT2D eigenvalue weighted by atomic mass is 9.51. The molecular formula is C34H62O6Si. The molecule has 7 heteroatoms. The number of rotatable bonds is 12. The maximum atomic E-state index is 14.4. The Labute approximate surface area is 252 Å². The average molecular weight is 595 g/mol. The molecule has 0 bridgehead atoms. The number of hydrogen-bond acceptors (Lipinski definition) is 5. The van der Waals surface area contributed by atoms with Gasteiger partial charge in [0.05, 0.1) is 12.0 Å². The lowest BCUT2D eigenvalue weighted by molar-refractivity contribution is -0.167. The Hall–Kier alpha value is -0.763. The van der Waals surface area contributed by atoms with Gasteiger partial charge in [-0.1, -0.05) is 55.4 Å². The quantitative estimate of drug-likeness (QED) is 0.181. The number of ether oxygens (including phenoxy) is 2. The van der Waals surface area contributed by atoms with Gasteiger partial charge >= 0.3 is 5.97 Å². The van der Waals surface area contributed by atoms with Crippen molar-refractivity contribution >= 4 is 20.1 Å². The zero-order valence-corrected chi connectivity index (χ0v) is 29.2. The largest absolute Gasteiger partial charge is 0.481 e. The molecule has 0 amide bonds. The molecule has 4 unspecified atom stereocenters. The molecule has 0 aromatic rings. The monoisotopic (exact) mass is 594 g/mol. The van der Waals surface area contributed by atoms with E-state index in [2.05, 4.69) is 68.5 Å². The van der Waals surface area contributed by atoms with Crippen molar-refractivity contribution in [1.29, 1.82) is 0 Å². The van der Waals surface area contributed by atoms with Crippen molar-refractivity contribution in [1.82, 2.24) is 0 Å². The molecule has 0 radical (unpaired) electrons. The van der Waals surface area contributed by atoms with Crippen molar-refractivity contribution in [2.75, 3.05) is 13.9 Å². The normalized spacial score (nSPS) is 36.3. The molecule has 0 aromatic heterocycles. The molecule has 0 aromatic carbocycles. The summed E-state index contributed by atoms with van der Waals surface area (Å²) in [6, 6.07) is 0. The van der Waals surface area contributed by atoms with Crippen LogP contribution in [0.25, 0.3) is 0 Å². The first-order chi connectivity index (χ1) is 18.9. The van der Waals surface area contributed by atoms with Gasteiger partial charge in [0.25, 0.3) is 0 Å². The average Bonchev–Trinajstić information content (AvgIpc) is 3.22. The summed E-state index contributed by atoms with van der Waals surface area (Å²) in [5, 5.41) is 10.4. The lowest BCUT2D eigenvalue weighted by Crippen LogP contribution is -2.54. The van der Waals surface area contributed by atoms with Crippen LogP contribution in [0, 0.1) is 46.3 Å². The van der Waals surface area contributed by atoms with E-state index >= 15 is 0 Å². The number of carboxylic acids is 1. The molecule has 3 aliphatic rings. The van der Waals surface area contributed by atoms with E-state index in [9.17, 15) is 14.7 Å². The molecule has 3 rings (SSSR count). The van der Waals surface area contributed by atoms with Crippen molar-refractivity contribution in [3.05, 3.63) is 0 Å². The molecule has 6 nitrogen and oxygen atoms in total. The smallest absolute Gasteiger partial charge is 0.307 e. The molecule has 0 heterocycles. The summed E-state index contributed by atoms with van der Waals surface area (Å²) in [7, 11) is -0.368. The minimum atomic E-state index is -1.95. The molecule has 0 aliphatic heterocycles. The fraction of sp³-hybridized carbons (Fsp3) is 0.941. The van der Waals surface area contributed by atoms with E-state index in [1.165, 1.54) is 0 Å². The van der Waals surface area contributed by atoms with Crippen LogP contribution in [0.15, 0.2) is 0 Å². The van der Waals surface area contributed by atoms with Gasteiger partial charge in [0.15, 0.2) is 8.32 Å². The summed E-state index contributed by atoms with van der Waals surface area (Å²) in [4.78, 5) is 26.9. The van der Waals surface area contributed by atoms with Gasteiger partial charge < -0.3 is 19.0 Å². The number of ketones is 1. The Morgan fingerprint density at radius 2 is 1.61 bits per heavy atom. The number of carboxylic acid groups (broad SMARTS) is 1. The van der Waals surface area contributed by atoms with Gasteiger partial charge in [0, 0.05) is 25.0 Å². The predicted octanol–water partition coefficient (Wildman–Crippen LogP) is 8.34. The number of fused-ring (bicyclic) bond motifs is 1. The van der Waals surface area contributed by atoms with Gasteiger partial charge in [-0.3, -0.25) is 9.59 Å². The number of carbonyl (C=O) groups excluding carboxylic acids is 1. The maximum absolute atomic E-state index is 14.4. The zero-order valence-electron chi connectivity index (χ0n) is 28.2. The molecule has 0 spiro atoms. The highest BCUT2D eigenvalue weighted by Crippen LogP contribution is 2.62. The number of aliphatic carboxylic acids is 1. The molecule has 3 aliphatic carbocycles. The second-order valence-electron chi connectivity index (χ2n) is 16.3. The highest BCUT2D eigenvalue weighted by atomic mass is 28.4. The van der Waals surface area contributed by atoms with E-state index in [0.29, 0.717) is 36.4 Å². The van der Waals surface area contributed by atoms with Crippen molar-refractivity contribution < 1.29 is 28.6 Å². The second kappa shape index (κ2) is 13.1. The summed E-state index contributed by atoms with van der Waals surface area (Å²) < 4.78 is 18.0. The van der Waals surface area contributed by atoms with Gasteiger partial charge in [-0.2, -0.15) is 0 Å². The molecule has 238 valence electrons. The van der Waals surface area contributed by atoms with Crippen LogP contribution in [-0.4, -0.2) is 51.3 Å². The Balaban J connectivity index is 1.82. The molecule has 3 saturated carbocycles. The molecule has 41 heavy (non-hydrogen) atoms. The van der Waals surface area contributed by atoms with Crippen molar-refractivity contribution in [3.63, 3.8) is 0 Å². The number of carbonyl (C=O) groups is 2. The van der Waals surface area contributed by atoms with Crippen LogP contribution in [0.3, 0.4) is 0 Å². The summed E-state index contributed by atoms with van der Waals surface area (Å²) in [5.41, 5.74) is -0.583. The standard InChI is InChI=1S/C34H62O6Si/c1-22(2)12-15-29(40-41(10,11)32(4,5)6)23(3)25-13-14-26-30(35)27(17-19-33(25,26)7)34(8)18-16-24(39-21-38-9)20-28(34)31(36)37/h22-29H,12-21H2,1-11H3,(H,36,37)/t23-,24?,25+,26-,27?,28?,29?,33+,34+/m0/s1. The number of Topliss-reactive ketones (excluding diaryl/α,β-unsaturated/α-hetero) is 1. The van der Waals surface area contributed by atoms with Crippen LogP contribution in [0.5, 0.6) is 0 Å². The predicted molar refractivity (Wildman–Crippen MR) is 167 cm³/mol. The van der Waals surface area contributed by atoms with Gasteiger partial charge in [0.2, 0.25) is 0 Å². The van der Waals surface area contributed by atoms with Crippen LogP contribution in [0.1, 0.15) is 113 Å². The van der Waals surface area contributed by atoms with Gasteiger partial charge in [0.1, 0.15) is 12.6 Å². The first kappa shape index (κ1) is 34.7. The SMILES string of the molecule is COCOC1CC[C@](C)(C2CC[C@]3(C)[C@@H]([C@H](C)C(CCC(C)C)O[Si](C)(C)C(C)(C)C)CC[C@H]3C2=O)C(C(=O)O)C1. The molecule has 0 saturated heterocycles. The first-order valence-electron chi connectivity index (χ1n) is 16.4. The van der Waals surface area contributed by atoms with Crippen LogP contribution in [0.2, 0.25) is 18.1 Å². The fourth-order valence-electron chi connectivity index (χ4n) is 8.60. The Morgan fingerprint density at radius 1 is 1.00 bits per heavy atom. The van der Waals surface area contributed by atoms with E-state index in [-0.39, 0.29) is 41.3 Å². The number of methoxy groups -OCH3 is 1. The third kappa shape index (κ3) is 7.15. The van der Waals surface area contributed by atoms with Gasteiger partial charge in [-0.05, 0) is 105 Å². The minimum absolute atomic E-state index is 0.0149. The third-order valence-electron chi connectivity index (χ3n) is 12.4. The van der Waals surface area contributed by atoms with Crippen LogP contribution < -0.4 is 0 Å². The van der Waals surface area contributed by atoms with Gasteiger partial charge in [-0.15, -0.1) is 0 Å². The lowest BCUT2D eigenvalue weighted by Gasteiger charge is -2.53. The topological polar surface area (TPSA) is 82.1 Å². The van der Waals surface area contributed by atoms with E-state index in [0.717, 1.165) is 44.9 Å². The van der Waals surface area contributed by atoms with Crippen LogP contribution in [0.4, 0.5) is 0 Å². The molecule has 9 atom stereocenters. The van der Waals surface area contributed by atoms with Crippen LogP contribution >= 0.6 is 0 Å². The summed E-state index contributed by atoms with van der Waals surface area (Å²) in [6.07, 6.45) is 8.00. The van der Waals surface area contributed by atoms with Crippen LogP contribution in [-0.2, 0) is 23.5 Å². The zero-order chi connectivity index (χ0) is 31.0. The van der Waals surface area contributed by atoms with E-state index in [4.69, 9.17) is 13.9 Å². The highest BCUT2D eigenvalue weighted by Gasteiger charge is 2.61. The maximum Gasteiger partial charge on any atom is 0.307 e. The van der Waals surface area contributed by atoms with E-state index < -0.39 is 25.6 Å². The molecule has 3 fully saturated rings. The van der Waals surface area contributed by atoms with Crippen molar-refractivity contribution in [2.24, 2.45) is 46.3 Å². The van der Waals surface area contributed by atoms with Gasteiger partial charge in [-0.25, -0.2) is 0 Å². The fourth-order valence-corrected chi connectivity index (χ4v) is 10.0. The van der Waals surface area contributed by atoms with E-state index in [1.54, 1.807) is 7.11 Å². The molecular weight excluding hydrogens is 532 g/mol. The number of hydrogen-bond donors (Lipinski definition) is 1. The highest BCUT2D eigenvalue weighted by molar-refractivity contribution is 6.74. The Kier molecular flexibility index (Phi) is 11.1. The summed E-state index contributed by atoms with van der Waals surface area (Å²) in [6.45, 7) is 23.3. The third-order valence-corrected chi connectivity index (χ3v) is 16.9. The molecule has 1 N–H and O–H groups in total. The summed E-state index contributed by atoms with van der Waals surface area (Å²) in [5.74, 6) is 0.245.